The third-order valence-electron chi connectivity index (χ3n) is 3.41. The van der Waals surface area contributed by atoms with E-state index in [1.807, 2.05) is 12.1 Å². The predicted molar refractivity (Wildman–Crippen MR) is 75.0 cm³/mol. The first kappa shape index (κ1) is 18.2. The van der Waals surface area contributed by atoms with Gasteiger partial charge in [0.2, 0.25) is 0 Å². The molecule has 0 N–H and O–H groups in total. The van der Waals surface area contributed by atoms with Crippen molar-refractivity contribution < 1.29 is 33.5 Å². The molecule has 4 nitrogen and oxygen atoms in total. The molecular formula is C14H23IN2O2. The maximum absolute atomic E-state index is 11.5. The maximum Gasteiger partial charge on any atom is 0.414 e. The first-order valence-corrected chi connectivity index (χ1v) is 6.27. The van der Waals surface area contributed by atoms with Crippen molar-refractivity contribution in [3.63, 3.8) is 0 Å². The van der Waals surface area contributed by atoms with Gasteiger partial charge in [-0.05, 0) is 26.0 Å². The molecule has 1 aromatic carbocycles. The van der Waals surface area contributed by atoms with E-state index in [2.05, 4.69) is 27.0 Å². The number of halogens is 1. The molecule has 0 aliphatic carbocycles. The molecule has 0 radical (unpaired) electrons. The van der Waals surface area contributed by atoms with Crippen LogP contribution in [0.3, 0.4) is 0 Å². The normalized spacial score (nSPS) is 10.6. The molecule has 0 heterocycles. The first-order valence-electron chi connectivity index (χ1n) is 6.27. The SMILES string of the molecule is CC[N+](C)(CC)c1cccc(OC(=O)N(C)C)c1.[I-]. The fourth-order valence-electron chi connectivity index (χ4n) is 1.66. The van der Waals surface area contributed by atoms with Crippen molar-refractivity contribution in [1.29, 1.82) is 0 Å². The van der Waals surface area contributed by atoms with Crippen molar-refractivity contribution in [3.05, 3.63) is 24.3 Å². The van der Waals surface area contributed by atoms with Crippen molar-refractivity contribution in [2.45, 2.75) is 13.8 Å². The summed E-state index contributed by atoms with van der Waals surface area (Å²) < 4.78 is 6.10. The number of amides is 1. The number of benzene rings is 1. The van der Waals surface area contributed by atoms with E-state index in [1.165, 1.54) is 4.90 Å². The number of ether oxygens (including phenoxy) is 1. The van der Waals surface area contributed by atoms with E-state index in [9.17, 15) is 4.79 Å². The van der Waals surface area contributed by atoms with E-state index >= 15 is 0 Å². The molecule has 0 aromatic heterocycles. The van der Waals surface area contributed by atoms with Crippen LogP contribution in [0.1, 0.15) is 13.8 Å². The summed E-state index contributed by atoms with van der Waals surface area (Å²) in [5.74, 6) is 0.595. The average molecular weight is 378 g/mol. The summed E-state index contributed by atoms with van der Waals surface area (Å²) in [7, 11) is 5.52. The molecule has 108 valence electrons. The molecule has 0 atom stereocenters. The highest BCUT2D eigenvalue weighted by molar-refractivity contribution is 5.70. The van der Waals surface area contributed by atoms with Crippen molar-refractivity contribution in [2.75, 3.05) is 34.2 Å². The zero-order valence-corrected chi connectivity index (χ0v) is 14.5. The Morgan fingerprint density at radius 3 is 2.32 bits per heavy atom. The predicted octanol–water partition coefficient (Wildman–Crippen LogP) is -0.272. The molecule has 0 saturated carbocycles. The lowest BCUT2D eigenvalue weighted by atomic mass is 10.2. The van der Waals surface area contributed by atoms with Crippen LogP contribution in [0, 0.1) is 0 Å². The van der Waals surface area contributed by atoms with Gasteiger partial charge < -0.3 is 33.6 Å². The zero-order valence-electron chi connectivity index (χ0n) is 12.3. The number of carbonyl (C=O) groups is 1. The monoisotopic (exact) mass is 378 g/mol. The smallest absolute Gasteiger partial charge is 0.414 e. The maximum atomic E-state index is 11.5. The summed E-state index contributed by atoms with van der Waals surface area (Å²) in [6.07, 6.45) is -0.352. The summed E-state index contributed by atoms with van der Waals surface area (Å²) in [4.78, 5) is 12.9. The van der Waals surface area contributed by atoms with Gasteiger partial charge in [0.25, 0.3) is 0 Å². The Hall–Kier alpha value is -0.820. The lowest BCUT2D eigenvalue weighted by molar-refractivity contribution is -0.00000905. The average Bonchev–Trinajstić information content (AvgIpc) is 2.38. The largest absolute Gasteiger partial charge is 1.00 e. The topological polar surface area (TPSA) is 29.5 Å². The number of nitrogens with zero attached hydrogens (tertiary/aromatic N) is 2. The standard InChI is InChI=1S/C14H23N2O2.HI/c1-6-16(5,7-2)12-9-8-10-13(11-12)18-14(17)15(3)4;/h8-11H,6-7H2,1-5H3;1H/q+1;/p-1. The summed E-state index contributed by atoms with van der Waals surface area (Å²) in [5, 5.41) is 0. The molecule has 1 aromatic rings. The summed E-state index contributed by atoms with van der Waals surface area (Å²) in [5.41, 5.74) is 1.16. The highest BCUT2D eigenvalue weighted by Gasteiger charge is 2.21. The van der Waals surface area contributed by atoms with Crippen molar-refractivity contribution in [1.82, 2.24) is 9.38 Å². The fourth-order valence-corrected chi connectivity index (χ4v) is 1.66. The van der Waals surface area contributed by atoms with Crippen LogP contribution >= 0.6 is 0 Å². The number of hydrogen-bond donors (Lipinski definition) is 0. The molecule has 5 heteroatoms. The second-order valence-electron chi connectivity index (χ2n) is 4.79. The Balaban J connectivity index is 0.00000324. The van der Waals surface area contributed by atoms with Gasteiger partial charge in [-0.15, -0.1) is 0 Å². The van der Waals surface area contributed by atoms with Crippen molar-refractivity contribution >= 4 is 11.8 Å². The van der Waals surface area contributed by atoms with Gasteiger partial charge in [0.15, 0.2) is 0 Å². The molecule has 0 spiro atoms. The second-order valence-corrected chi connectivity index (χ2v) is 4.79. The van der Waals surface area contributed by atoms with E-state index in [1.54, 1.807) is 20.2 Å². The Kier molecular flexibility index (Phi) is 7.36. The number of quaternary nitrogens is 1. The first-order chi connectivity index (χ1) is 8.42. The van der Waals surface area contributed by atoms with E-state index in [0.29, 0.717) is 5.75 Å². The Morgan fingerprint density at radius 2 is 1.84 bits per heavy atom. The molecule has 0 fully saturated rings. The van der Waals surface area contributed by atoms with Gasteiger partial charge in [-0.2, -0.15) is 0 Å². The fraction of sp³-hybridized carbons (Fsp3) is 0.500. The minimum absolute atomic E-state index is 0. The van der Waals surface area contributed by atoms with Crippen molar-refractivity contribution in [2.24, 2.45) is 0 Å². The third-order valence-corrected chi connectivity index (χ3v) is 3.41. The molecule has 1 rings (SSSR count). The van der Waals surface area contributed by atoms with Crippen LogP contribution in [0.2, 0.25) is 0 Å². The summed E-state index contributed by atoms with van der Waals surface area (Å²) >= 11 is 0. The van der Waals surface area contributed by atoms with Gasteiger partial charge in [-0.25, -0.2) is 4.79 Å². The van der Waals surface area contributed by atoms with Gasteiger partial charge in [0.05, 0.1) is 20.1 Å². The van der Waals surface area contributed by atoms with Crippen LogP contribution in [-0.4, -0.2) is 45.2 Å². The van der Waals surface area contributed by atoms with Crippen molar-refractivity contribution in [3.8, 4) is 5.75 Å². The quantitative estimate of drug-likeness (QED) is 0.533. The highest BCUT2D eigenvalue weighted by atomic mass is 127. The molecule has 0 unspecified atom stereocenters. The van der Waals surface area contributed by atoms with Crippen LogP contribution in [-0.2, 0) is 0 Å². The number of rotatable bonds is 4. The molecule has 0 saturated heterocycles. The minimum atomic E-state index is -0.352. The molecule has 0 aliphatic heterocycles. The molecule has 0 aliphatic rings. The number of carbonyl (C=O) groups excluding carboxylic acids is 1. The lowest BCUT2D eigenvalue weighted by Gasteiger charge is -2.31. The lowest BCUT2D eigenvalue weighted by Crippen LogP contribution is -3.00. The van der Waals surface area contributed by atoms with Gasteiger partial charge >= 0.3 is 6.09 Å². The Labute approximate surface area is 132 Å². The summed E-state index contributed by atoms with van der Waals surface area (Å²) in [6, 6.07) is 7.74. The van der Waals surface area contributed by atoms with Gasteiger partial charge in [-0.1, -0.05) is 6.07 Å². The minimum Gasteiger partial charge on any atom is -1.00 e. The van der Waals surface area contributed by atoms with E-state index in [-0.39, 0.29) is 30.1 Å². The Bertz CT molecular complexity index is 418. The van der Waals surface area contributed by atoms with E-state index < -0.39 is 0 Å². The highest BCUT2D eigenvalue weighted by Crippen LogP contribution is 2.25. The molecule has 1 amide bonds. The third kappa shape index (κ3) is 4.65. The van der Waals surface area contributed by atoms with Gasteiger partial charge in [0.1, 0.15) is 11.4 Å². The van der Waals surface area contributed by atoms with E-state index in [0.717, 1.165) is 23.3 Å². The Morgan fingerprint density at radius 1 is 1.26 bits per heavy atom. The second kappa shape index (κ2) is 7.69. The van der Waals surface area contributed by atoms with Crippen LogP contribution in [0.15, 0.2) is 24.3 Å². The zero-order chi connectivity index (χ0) is 13.8. The van der Waals surface area contributed by atoms with Crippen LogP contribution in [0.5, 0.6) is 5.75 Å². The van der Waals surface area contributed by atoms with Crippen LogP contribution in [0.25, 0.3) is 0 Å². The van der Waals surface area contributed by atoms with Crippen LogP contribution < -0.4 is 33.2 Å². The number of hydrogen-bond acceptors (Lipinski definition) is 2. The molecule has 19 heavy (non-hydrogen) atoms. The van der Waals surface area contributed by atoms with E-state index in [4.69, 9.17) is 4.74 Å². The summed E-state index contributed by atoms with van der Waals surface area (Å²) in [6.45, 7) is 6.31. The molecular weight excluding hydrogens is 355 g/mol. The van der Waals surface area contributed by atoms with Gasteiger partial charge in [-0.3, -0.25) is 4.48 Å². The van der Waals surface area contributed by atoms with Crippen LogP contribution in [0.4, 0.5) is 10.5 Å². The van der Waals surface area contributed by atoms with Gasteiger partial charge in [0, 0.05) is 20.2 Å². The molecule has 0 bridgehead atoms.